The van der Waals surface area contributed by atoms with Gasteiger partial charge in [0.2, 0.25) is 0 Å². The zero-order valence-electron chi connectivity index (χ0n) is 11.5. The molecule has 0 bridgehead atoms. The van der Waals surface area contributed by atoms with Crippen molar-refractivity contribution in [1.29, 1.82) is 0 Å². The molecule has 0 saturated heterocycles. The van der Waals surface area contributed by atoms with Gasteiger partial charge in [0.15, 0.2) is 6.10 Å². The van der Waals surface area contributed by atoms with Crippen LogP contribution in [-0.4, -0.2) is 22.7 Å². The number of aliphatic hydroxyl groups is 2. The predicted octanol–water partition coefficient (Wildman–Crippen LogP) is 2.88. The fourth-order valence-electron chi connectivity index (χ4n) is 2.05. The number of nitrogens with one attached hydrogen (secondary N) is 1. The Balaban J connectivity index is 2.13. The van der Waals surface area contributed by atoms with Gasteiger partial charge in [0, 0.05) is 10.0 Å². The fourth-order valence-corrected chi connectivity index (χ4v) is 2.60. The zero-order chi connectivity index (χ0) is 16.1. The number of rotatable bonds is 5. The van der Waals surface area contributed by atoms with Gasteiger partial charge in [0.1, 0.15) is 0 Å². The SMILES string of the molecule is O=C(N[C@H](CO)c1ccccc1)[C@@H](O)c1cc(Cl)cc(Cl)c1. The predicted molar refractivity (Wildman–Crippen MR) is 85.8 cm³/mol. The third-order valence-electron chi connectivity index (χ3n) is 3.15. The molecule has 2 aromatic rings. The average molecular weight is 340 g/mol. The van der Waals surface area contributed by atoms with Crippen molar-refractivity contribution in [2.45, 2.75) is 12.1 Å². The average Bonchev–Trinajstić information content (AvgIpc) is 2.51. The van der Waals surface area contributed by atoms with Crippen LogP contribution in [0.25, 0.3) is 0 Å². The summed E-state index contributed by atoms with van der Waals surface area (Å²) < 4.78 is 0. The Morgan fingerprint density at radius 1 is 1.05 bits per heavy atom. The lowest BCUT2D eigenvalue weighted by Gasteiger charge is -2.19. The van der Waals surface area contributed by atoms with Crippen LogP contribution in [0.5, 0.6) is 0 Å². The highest BCUT2D eigenvalue weighted by molar-refractivity contribution is 6.34. The summed E-state index contributed by atoms with van der Waals surface area (Å²) in [6, 6.07) is 12.9. The van der Waals surface area contributed by atoms with Gasteiger partial charge in [-0.1, -0.05) is 53.5 Å². The molecule has 22 heavy (non-hydrogen) atoms. The second-order valence-corrected chi connectivity index (χ2v) is 5.63. The molecular formula is C16H15Cl2NO3. The molecule has 0 radical (unpaired) electrons. The number of amides is 1. The molecule has 4 nitrogen and oxygen atoms in total. The highest BCUT2D eigenvalue weighted by Crippen LogP contribution is 2.24. The van der Waals surface area contributed by atoms with Crippen LogP contribution in [-0.2, 0) is 4.79 Å². The number of carbonyl (C=O) groups excluding carboxylic acids is 1. The normalized spacial score (nSPS) is 13.5. The van der Waals surface area contributed by atoms with E-state index >= 15 is 0 Å². The van der Waals surface area contributed by atoms with Crippen molar-refractivity contribution in [2.24, 2.45) is 0 Å². The van der Waals surface area contributed by atoms with E-state index in [0.29, 0.717) is 15.6 Å². The van der Waals surface area contributed by atoms with Crippen LogP contribution in [0.4, 0.5) is 0 Å². The van der Waals surface area contributed by atoms with Crippen LogP contribution >= 0.6 is 23.2 Å². The molecular weight excluding hydrogens is 325 g/mol. The largest absolute Gasteiger partial charge is 0.394 e. The van der Waals surface area contributed by atoms with Gasteiger partial charge >= 0.3 is 0 Å². The number of halogens is 2. The maximum Gasteiger partial charge on any atom is 0.254 e. The van der Waals surface area contributed by atoms with Crippen LogP contribution in [0.1, 0.15) is 23.3 Å². The quantitative estimate of drug-likeness (QED) is 0.784. The summed E-state index contributed by atoms with van der Waals surface area (Å²) in [5, 5.41) is 22.8. The molecule has 0 aliphatic carbocycles. The number of aliphatic hydroxyl groups excluding tert-OH is 2. The molecule has 0 aromatic heterocycles. The Hall–Kier alpha value is -1.59. The molecule has 0 aliphatic heterocycles. The summed E-state index contributed by atoms with van der Waals surface area (Å²) >= 11 is 11.7. The molecule has 2 aromatic carbocycles. The van der Waals surface area contributed by atoms with Crippen molar-refractivity contribution in [3.8, 4) is 0 Å². The second kappa shape index (κ2) is 7.61. The standard InChI is InChI=1S/C16H15Cl2NO3/c17-12-6-11(7-13(18)8-12)15(21)16(22)19-14(9-20)10-4-2-1-3-5-10/h1-8,14-15,20-21H,9H2,(H,19,22)/t14-,15+/m1/s1. The third kappa shape index (κ3) is 4.21. The van der Waals surface area contributed by atoms with E-state index in [4.69, 9.17) is 23.2 Å². The summed E-state index contributed by atoms with van der Waals surface area (Å²) in [6.07, 6.45) is -1.42. The van der Waals surface area contributed by atoms with Gasteiger partial charge < -0.3 is 15.5 Å². The number of hydrogen-bond acceptors (Lipinski definition) is 3. The molecule has 3 N–H and O–H groups in total. The first-order valence-corrected chi connectivity index (χ1v) is 7.37. The van der Waals surface area contributed by atoms with Gasteiger partial charge in [0.05, 0.1) is 12.6 Å². The lowest BCUT2D eigenvalue weighted by molar-refractivity contribution is -0.130. The van der Waals surface area contributed by atoms with Crippen molar-refractivity contribution < 1.29 is 15.0 Å². The number of hydrogen-bond donors (Lipinski definition) is 3. The van der Waals surface area contributed by atoms with Crippen LogP contribution < -0.4 is 5.32 Å². The van der Waals surface area contributed by atoms with E-state index in [9.17, 15) is 15.0 Å². The molecule has 116 valence electrons. The molecule has 0 heterocycles. The molecule has 0 spiro atoms. The van der Waals surface area contributed by atoms with Crippen molar-refractivity contribution >= 4 is 29.1 Å². The van der Waals surface area contributed by atoms with Crippen LogP contribution in [0, 0.1) is 0 Å². The molecule has 2 atom stereocenters. The summed E-state index contributed by atoms with van der Waals surface area (Å²) in [4.78, 5) is 12.2. The van der Waals surface area contributed by atoms with E-state index in [-0.39, 0.29) is 6.61 Å². The lowest BCUT2D eigenvalue weighted by Crippen LogP contribution is -2.34. The summed E-state index contributed by atoms with van der Waals surface area (Å²) in [7, 11) is 0. The fraction of sp³-hybridized carbons (Fsp3) is 0.188. The number of benzene rings is 2. The topological polar surface area (TPSA) is 69.6 Å². The van der Waals surface area contributed by atoms with Gasteiger partial charge in [-0.2, -0.15) is 0 Å². The smallest absolute Gasteiger partial charge is 0.254 e. The van der Waals surface area contributed by atoms with E-state index in [1.54, 1.807) is 24.3 Å². The molecule has 0 unspecified atom stereocenters. The Bertz CT molecular complexity index is 629. The Kier molecular flexibility index (Phi) is 5.80. The first-order chi connectivity index (χ1) is 10.5. The lowest BCUT2D eigenvalue weighted by atomic mass is 10.1. The van der Waals surface area contributed by atoms with E-state index in [1.165, 1.54) is 18.2 Å². The second-order valence-electron chi connectivity index (χ2n) is 4.76. The molecule has 1 amide bonds. The third-order valence-corrected chi connectivity index (χ3v) is 3.59. The van der Waals surface area contributed by atoms with Crippen LogP contribution in [0.3, 0.4) is 0 Å². The van der Waals surface area contributed by atoms with E-state index in [2.05, 4.69) is 5.32 Å². The van der Waals surface area contributed by atoms with Crippen molar-refractivity contribution in [1.82, 2.24) is 5.32 Å². The minimum atomic E-state index is -1.42. The van der Waals surface area contributed by atoms with Crippen molar-refractivity contribution in [2.75, 3.05) is 6.61 Å². The van der Waals surface area contributed by atoms with E-state index in [1.807, 2.05) is 6.07 Å². The maximum atomic E-state index is 12.2. The number of carbonyl (C=O) groups is 1. The minimum Gasteiger partial charge on any atom is -0.394 e. The van der Waals surface area contributed by atoms with Crippen LogP contribution in [0.2, 0.25) is 10.0 Å². The Labute approximate surface area is 138 Å². The summed E-state index contributed by atoms with van der Waals surface area (Å²) in [5.74, 6) is -0.638. The molecule has 6 heteroatoms. The summed E-state index contributed by atoms with van der Waals surface area (Å²) in [6.45, 7) is -0.279. The maximum absolute atomic E-state index is 12.2. The van der Waals surface area contributed by atoms with Crippen molar-refractivity contribution in [3.63, 3.8) is 0 Å². The zero-order valence-corrected chi connectivity index (χ0v) is 13.1. The first kappa shape index (κ1) is 16.8. The Morgan fingerprint density at radius 3 is 2.18 bits per heavy atom. The van der Waals surface area contributed by atoms with Gasteiger partial charge in [-0.15, -0.1) is 0 Å². The molecule has 2 rings (SSSR count). The molecule has 0 saturated carbocycles. The Morgan fingerprint density at radius 2 is 1.64 bits per heavy atom. The van der Waals surface area contributed by atoms with Gasteiger partial charge in [-0.25, -0.2) is 0 Å². The van der Waals surface area contributed by atoms with Crippen molar-refractivity contribution in [3.05, 3.63) is 69.7 Å². The van der Waals surface area contributed by atoms with Crippen LogP contribution in [0.15, 0.2) is 48.5 Å². The molecule has 0 fully saturated rings. The highest BCUT2D eigenvalue weighted by atomic mass is 35.5. The van der Waals surface area contributed by atoms with E-state index < -0.39 is 18.1 Å². The highest BCUT2D eigenvalue weighted by Gasteiger charge is 2.22. The van der Waals surface area contributed by atoms with Gasteiger partial charge in [-0.05, 0) is 29.3 Å². The minimum absolute atomic E-state index is 0.279. The summed E-state index contributed by atoms with van der Waals surface area (Å²) in [5.41, 5.74) is 1.04. The van der Waals surface area contributed by atoms with E-state index in [0.717, 1.165) is 5.56 Å². The monoisotopic (exact) mass is 339 g/mol. The first-order valence-electron chi connectivity index (χ1n) is 6.61. The van der Waals surface area contributed by atoms with Gasteiger partial charge in [0.25, 0.3) is 5.91 Å². The van der Waals surface area contributed by atoms with Gasteiger partial charge in [-0.3, -0.25) is 4.79 Å². The molecule has 0 aliphatic rings.